The van der Waals surface area contributed by atoms with E-state index in [2.05, 4.69) is 15.6 Å². The van der Waals surface area contributed by atoms with Crippen LogP contribution in [0, 0.1) is 17.0 Å². The zero-order valence-electron chi connectivity index (χ0n) is 13.5. The van der Waals surface area contributed by atoms with Gasteiger partial charge in [-0.25, -0.2) is 4.98 Å². The number of nitro groups is 1. The van der Waals surface area contributed by atoms with Crippen molar-refractivity contribution in [1.29, 1.82) is 0 Å². The quantitative estimate of drug-likeness (QED) is 0.517. The van der Waals surface area contributed by atoms with Gasteiger partial charge in [0.05, 0.1) is 10.5 Å². The minimum atomic E-state index is -0.792. The van der Waals surface area contributed by atoms with Crippen molar-refractivity contribution < 1.29 is 14.5 Å². The van der Waals surface area contributed by atoms with Crippen LogP contribution >= 0.6 is 0 Å². The Balaban J connectivity index is 1.94. The number of hydrogen-bond donors (Lipinski definition) is 3. The van der Waals surface area contributed by atoms with Crippen LogP contribution in [0.3, 0.4) is 0 Å². The molecule has 0 spiro atoms. The van der Waals surface area contributed by atoms with Crippen LogP contribution in [0.4, 0.5) is 17.2 Å². The fourth-order valence-electron chi connectivity index (χ4n) is 2.06. The van der Waals surface area contributed by atoms with E-state index in [1.807, 2.05) is 13.0 Å². The van der Waals surface area contributed by atoms with Gasteiger partial charge in [-0.2, -0.15) is 0 Å². The van der Waals surface area contributed by atoms with Gasteiger partial charge in [-0.3, -0.25) is 19.7 Å². The first-order valence-electron chi connectivity index (χ1n) is 7.41. The molecule has 0 aliphatic rings. The number of carbonyl (C=O) groups excluding carboxylic acids is 2. The molecular weight excluding hydrogens is 326 g/mol. The Labute approximate surface area is 143 Å². The number of benzene rings is 1. The molecule has 0 saturated heterocycles. The van der Waals surface area contributed by atoms with Crippen LogP contribution < -0.4 is 16.4 Å². The molecule has 2 aromatic rings. The number of nitrogens with one attached hydrogen (secondary N) is 2. The Morgan fingerprint density at radius 2 is 2.04 bits per heavy atom. The molecule has 1 aromatic heterocycles. The molecule has 2 amide bonds. The first-order valence-corrected chi connectivity index (χ1v) is 7.41. The smallest absolute Gasteiger partial charge is 0.270 e. The van der Waals surface area contributed by atoms with Gasteiger partial charge in [-0.15, -0.1) is 0 Å². The van der Waals surface area contributed by atoms with E-state index in [4.69, 9.17) is 5.73 Å². The highest BCUT2D eigenvalue weighted by Gasteiger charge is 2.14. The average molecular weight is 343 g/mol. The average Bonchev–Trinajstić information content (AvgIpc) is 2.56. The first-order chi connectivity index (χ1) is 11.9. The van der Waals surface area contributed by atoms with E-state index >= 15 is 0 Å². The number of non-ortho nitro benzene ring substituents is 1. The van der Waals surface area contributed by atoms with Crippen LogP contribution in [0.5, 0.6) is 0 Å². The van der Waals surface area contributed by atoms with Crippen LogP contribution in [-0.2, 0) is 4.79 Å². The monoisotopic (exact) mass is 343 g/mol. The number of rotatable bonds is 7. The van der Waals surface area contributed by atoms with Crippen molar-refractivity contribution in [3.05, 3.63) is 57.8 Å². The summed E-state index contributed by atoms with van der Waals surface area (Å²) in [4.78, 5) is 37.5. The van der Waals surface area contributed by atoms with Crippen molar-refractivity contribution in [2.75, 3.05) is 17.2 Å². The van der Waals surface area contributed by atoms with Crippen molar-refractivity contribution in [1.82, 2.24) is 4.98 Å². The summed E-state index contributed by atoms with van der Waals surface area (Å²) in [6.07, 6.45) is 1.76. The molecular formula is C16H17N5O4. The van der Waals surface area contributed by atoms with Gasteiger partial charge in [0.1, 0.15) is 5.82 Å². The minimum absolute atomic E-state index is 0.00481. The molecule has 0 saturated carbocycles. The van der Waals surface area contributed by atoms with E-state index in [0.717, 1.165) is 11.6 Å². The van der Waals surface area contributed by atoms with Crippen molar-refractivity contribution in [3.8, 4) is 0 Å². The highest BCUT2D eigenvalue weighted by Crippen LogP contribution is 2.21. The zero-order chi connectivity index (χ0) is 18.4. The third kappa shape index (κ3) is 4.99. The van der Waals surface area contributed by atoms with Crippen LogP contribution in [0.2, 0.25) is 0 Å². The highest BCUT2D eigenvalue weighted by molar-refractivity contribution is 5.99. The Kier molecular flexibility index (Phi) is 5.62. The normalized spacial score (nSPS) is 10.1. The molecule has 9 heteroatoms. The fourth-order valence-corrected chi connectivity index (χ4v) is 2.06. The molecule has 1 aromatic carbocycles. The standard InChI is InChI=1S/C16H17N5O4/c1-10-2-5-14(19-9-10)20-15(22)6-7-18-13-4-3-11(21(24)25)8-12(13)16(17)23/h2-5,8-9,18H,6-7H2,1H3,(H2,17,23)(H,19,20,22). The van der Waals surface area contributed by atoms with Gasteiger partial charge >= 0.3 is 0 Å². The Hall–Kier alpha value is -3.49. The lowest BCUT2D eigenvalue weighted by Crippen LogP contribution is -2.19. The molecule has 0 unspecified atom stereocenters. The molecule has 4 N–H and O–H groups in total. The van der Waals surface area contributed by atoms with Crippen LogP contribution in [0.25, 0.3) is 0 Å². The van der Waals surface area contributed by atoms with E-state index in [0.29, 0.717) is 11.5 Å². The number of pyridine rings is 1. The van der Waals surface area contributed by atoms with E-state index in [-0.39, 0.29) is 30.1 Å². The molecule has 2 rings (SSSR count). The third-order valence-electron chi connectivity index (χ3n) is 3.33. The summed E-state index contributed by atoms with van der Waals surface area (Å²) in [6.45, 7) is 2.11. The summed E-state index contributed by atoms with van der Waals surface area (Å²) >= 11 is 0. The predicted octanol–water partition coefficient (Wildman–Crippen LogP) is 1.84. The summed E-state index contributed by atoms with van der Waals surface area (Å²) in [5, 5.41) is 16.3. The lowest BCUT2D eigenvalue weighted by atomic mass is 10.1. The van der Waals surface area contributed by atoms with E-state index in [1.165, 1.54) is 12.1 Å². The number of aromatic nitrogens is 1. The van der Waals surface area contributed by atoms with Crippen molar-refractivity contribution >= 4 is 29.0 Å². The van der Waals surface area contributed by atoms with Crippen LogP contribution in [0.1, 0.15) is 22.3 Å². The van der Waals surface area contributed by atoms with Gasteiger partial charge < -0.3 is 16.4 Å². The maximum Gasteiger partial charge on any atom is 0.270 e. The summed E-state index contributed by atoms with van der Waals surface area (Å²) < 4.78 is 0. The molecule has 0 aliphatic heterocycles. The summed E-state index contributed by atoms with van der Waals surface area (Å²) in [6, 6.07) is 7.27. The Bertz CT molecular complexity index is 805. The van der Waals surface area contributed by atoms with Crippen molar-refractivity contribution in [2.45, 2.75) is 13.3 Å². The summed E-state index contributed by atoms with van der Waals surface area (Å²) in [7, 11) is 0. The number of amides is 2. The zero-order valence-corrected chi connectivity index (χ0v) is 13.5. The predicted molar refractivity (Wildman–Crippen MR) is 92.3 cm³/mol. The number of hydrogen-bond acceptors (Lipinski definition) is 6. The van der Waals surface area contributed by atoms with Gasteiger partial charge in [0.2, 0.25) is 5.91 Å². The molecule has 130 valence electrons. The second-order valence-corrected chi connectivity index (χ2v) is 5.30. The van der Waals surface area contributed by atoms with E-state index in [9.17, 15) is 19.7 Å². The topological polar surface area (TPSA) is 140 Å². The molecule has 9 nitrogen and oxygen atoms in total. The number of anilines is 2. The lowest BCUT2D eigenvalue weighted by molar-refractivity contribution is -0.384. The van der Waals surface area contributed by atoms with Crippen molar-refractivity contribution in [2.24, 2.45) is 5.73 Å². The van der Waals surface area contributed by atoms with Gasteiger partial charge in [0, 0.05) is 37.0 Å². The molecule has 0 atom stereocenters. The number of nitrogens with zero attached hydrogens (tertiary/aromatic N) is 2. The second-order valence-electron chi connectivity index (χ2n) is 5.30. The van der Waals surface area contributed by atoms with E-state index in [1.54, 1.807) is 12.3 Å². The maximum absolute atomic E-state index is 11.9. The Morgan fingerprint density at radius 1 is 1.28 bits per heavy atom. The number of nitro benzene ring substituents is 1. The summed E-state index contributed by atoms with van der Waals surface area (Å²) in [5.74, 6) is -0.602. The van der Waals surface area contributed by atoms with Gasteiger partial charge in [-0.05, 0) is 24.6 Å². The van der Waals surface area contributed by atoms with Crippen molar-refractivity contribution in [3.63, 3.8) is 0 Å². The minimum Gasteiger partial charge on any atom is -0.384 e. The lowest BCUT2D eigenvalue weighted by Gasteiger charge is -2.10. The van der Waals surface area contributed by atoms with Crippen LogP contribution in [0.15, 0.2) is 36.5 Å². The second kappa shape index (κ2) is 7.86. The number of aryl methyl sites for hydroxylation is 1. The molecule has 0 bridgehead atoms. The fraction of sp³-hybridized carbons (Fsp3) is 0.188. The molecule has 0 aliphatic carbocycles. The third-order valence-corrected chi connectivity index (χ3v) is 3.33. The van der Waals surface area contributed by atoms with Gasteiger partial charge in [-0.1, -0.05) is 6.07 Å². The SMILES string of the molecule is Cc1ccc(NC(=O)CCNc2ccc([N+](=O)[O-])cc2C(N)=O)nc1. The van der Waals surface area contributed by atoms with Gasteiger partial charge in [0.25, 0.3) is 11.6 Å². The largest absolute Gasteiger partial charge is 0.384 e. The molecule has 1 heterocycles. The molecule has 0 radical (unpaired) electrons. The van der Waals surface area contributed by atoms with E-state index < -0.39 is 10.8 Å². The Morgan fingerprint density at radius 3 is 2.64 bits per heavy atom. The van der Waals surface area contributed by atoms with Crippen LogP contribution in [-0.4, -0.2) is 28.3 Å². The first kappa shape index (κ1) is 17.9. The van der Waals surface area contributed by atoms with Gasteiger partial charge in [0.15, 0.2) is 0 Å². The highest BCUT2D eigenvalue weighted by atomic mass is 16.6. The maximum atomic E-state index is 11.9. The molecule has 0 fully saturated rings. The number of primary amides is 1. The number of carbonyl (C=O) groups is 2. The number of nitrogens with two attached hydrogens (primary N) is 1. The molecule has 25 heavy (non-hydrogen) atoms. The summed E-state index contributed by atoms with van der Waals surface area (Å²) in [5.41, 5.74) is 6.32.